The maximum Gasteiger partial charge on any atom is 0.311 e. The number of carbonyl (C=O) groups excluding carboxylic acids is 1. The van der Waals surface area contributed by atoms with Gasteiger partial charge in [-0.25, -0.2) is 4.39 Å². The van der Waals surface area contributed by atoms with Crippen molar-refractivity contribution in [1.29, 1.82) is 0 Å². The first-order valence-corrected chi connectivity index (χ1v) is 10.9. The first-order valence-electron chi connectivity index (χ1n) is 10.9. The largest absolute Gasteiger partial charge is 0.469 e. The second kappa shape index (κ2) is 8.53. The van der Waals surface area contributed by atoms with Gasteiger partial charge in [-0.3, -0.25) is 19.5 Å². The average Bonchev–Trinajstić information content (AvgIpc) is 3.03. The fourth-order valence-corrected chi connectivity index (χ4v) is 5.42. The number of aliphatic hydroxyl groups excluding tert-OH is 1. The first kappa shape index (κ1) is 21.5. The Morgan fingerprint density at radius 2 is 2.00 bits per heavy atom. The Labute approximate surface area is 190 Å². The van der Waals surface area contributed by atoms with Crippen molar-refractivity contribution in [2.75, 3.05) is 13.7 Å². The van der Waals surface area contributed by atoms with E-state index in [1.165, 1.54) is 19.2 Å². The minimum absolute atomic E-state index is 0.201. The number of rotatable bonds is 5. The van der Waals surface area contributed by atoms with Crippen molar-refractivity contribution < 1.29 is 19.0 Å². The van der Waals surface area contributed by atoms with Gasteiger partial charge in [-0.05, 0) is 47.5 Å². The van der Waals surface area contributed by atoms with Gasteiger partial charge in [0.1, 0.15) is 5.82 Å². The number of aromatic nitrogens is 2. The molecule has 1 aromatic carbocycles. The fraction of sp³-hybridized carbons (Fsp3) is 0.320. The standard InChI is InChI=1S/C25H24FN3O4/c1-33-25(32)22-19(14-30)21-13-29-20(23(22)28(21)12-15-7-9-27-10-8-15)6-5-18(24(29)31)16-3-2-4-17(26)11-16/h2-11,19,21-23,30H,12-14H2,1H3/t19-,21-,22+,23+/m0/s1. The zero-order chi connectivity index (χ0) is 23.1. The van der Waals surface area contributed by atoms with Crippen molar-refractivity contribution in [1.82, 2.24) is 14.5 Å². The minimum Gasteiger partial charge on any atom is -0.469 e. The van der Waals surface area contributed by atoms with Gasteiger partial charge >= 0.3 is 5.97 Å². The third-order valence-corrected chi connectivity index (χ3v) is 6.89. The van der Waals surface area contributed by atoms with Crippen LogP contribution in [0.4, 0.5) is 4.39 Å². The summed E-state index contributed by atoms with van der Waals surface area (Å²) in [4.78, 5) is 32.6. The number of ether oxygens (including phenoxy) is 1. The molecule has 2 bridgehead atoms. The zero-order valence-electron chi connectivity index (χ0n) is 18.1. The van der Waals surface area contributed by atoms with Crippen LogP contribution in [0.15, 0.2) is 65.7 Å². The molecule has 1 saturated heterocycles. The number of halogens is 1. The molecule has 3 aromatic rings. The molecular weight excluding hydrogens is 425 g/mol. The summed E-state index contributed by atoms with van der Waals surface area (Å²) in [5.74, 6) is -1.82. The lowest BCUT2D eigenvalue weighted by atomic mass is 9.87. The van der Waals surface area contributed by atoms with Crippen LogP contribution in [0.3, 0.4) is 0 Å². The molecule has 2 aromatic heterocycles. The van der Waals surface area contributed by atoms with Crippen LogP contribution in [0.1, 0.15) is 17.3 Å². The van der Waals surface area contributed by atoms with E-state index in [9.17, 15) is 19.1 Å². The summed E-state index contributed by atoms with van der Waals surface area (Å²) >= 11 is 0. The van der Waals surface area contributed by atoms with E-state index in [1.807, 2.05) is 18.2 Å². The van der Waals surface area contributed by atoms with Gasteiger partial charge in [0.25, 0.3) is 5.56 Å². The Balaban J connectivity index is 1.64. The van der Waals surface area contributed by atoms with Crippen LogP contribution in [0.2, 0.25) is 0 Å². The summed E-state index contributed by atoms with van der Waals surface area (Å²) in [6.07, 6.45) is 3.43. The molecule has 1 fully saturated rings. The topological polar surface area (TPSA) is 84.7 Å². The van der Waals surface area contributed by atoms with Crippen molar-refractivity contribution in [2.45, 2.75) is 25.2 Å². The third kappa shape index (κ3) is 3.55. The summed E-state index contributed by atoms with van der Waals surface area (Å²) in [7, 11) is 1.34. The van der Waals surface area contributed by atoms with Gasteiger partial charge in [0, 0.05) is 55.3 Å². The predicted molar refractivity (Wildman–Crippen MR) is 118 cm³/mol. The highest BCUT2D eigenvalue weighted by Gasteiger charge is 2.56. The maximum absolute atomic E-state index is 13.8. The minimum atomic E-state index is -0.611. The molecule has 0 amide bonds. The van der Waals surface area contributed by atoms with Crippen LogP contribution in [-0.2, 0) is 22.6 Å². The SMILES string of the molecule is COC(=O)[C@@H]1[C@@H](CO)[C@@H]2Cn3c(ccc(-c4cccc(F)c4)c3=O)[C@H]1N2Cc1ccncc1. The molecule has 2 aliphatic rings. The van der Waals surface area contributed by atoms with E-state index in [4.69, 9.17) is 4.74 Å². The molecule has 2 aliphatic heterocycles. The first-order chi connectivity index (χ1) is 16.0. The molecule has 7 nitrogen and oxygen atoms in total. The van der Waals surface area contributed by atoms with E-state index >= 15 is 0 Å². The number of methoxy groups -OCH3 is 1. The van der Waals surface area contributed by atoms with Gasteiger partial charge in [0.05, 0.1) is 19.1 Å². The van der Waals surface area contributed by atoms with E-state index in [2.05, 4.69) is 9.88 Å². The van der Waals surface area contributed by atoms with Crippen LogP contribution in [0.25, 0.3) is 11.1 Å². The molecule has 8 heteroatoms. The summed E-state index contributed by atoms with van der Waals surface area (Å²) < 4.78 is 20.6. The second-order valence-corrected chi connectivity index (χ2v) is 8.53. The molecule has 0 radical (unpaired) electrons. The molecule has 170 valence electrons. The molecule has 4 atom stereocenters. The summed E-state index contributed by atoms with van der Waals surface area (Å²) in [5.41, 5.74) is 2.38. The van der Waals surface area contributed by atoms with Crippen molar-refractivity contribution in [2.24, 2.45) is 11.8 Å². The number of aliphatic hydroxyl groups is 1. The lowest BCUT2D eigenvalue weighted by Crippen LogP contribution is -2.46. The smallest absolute Gasteiger partial charge is 0.311 e. The van der Waals surface area contributed by atoms with E-state index < -0.39 is 23.7 Å². The van der Waals surface area contributed by atoms with Crippen molar-refractivity contribution >= 4 is 5.97 Å². The van der Waals surface area contributed by atoms with E-state index in [-0.39, 0.29) is 24.1 Å². The van der Waals surface area contributed by atoms with Crippen molar-refractivity contribution in [3.05, 3.63) is 88.4 Å². The monoisotopic (exact) mass is 449 g/mol. The number of benzene rings is 1. The number of carbonyl (C=O) groups is 1. The molecule has 4 heterocycles. The van der Waals surface area contributed by atoms with E-state index in [0.29, 0.717) is 29.9 Å². The number of pyridine rings is 2. The molecule has 0 aliphatic carbocycles. The lowest BCUT2D eigenvalue weighted by Gasteiger charge is -2.38. The number of fused-ring (bicyclic) bond motifs is 4. The number of esters is 1. The Kier molecular flexibility index (Phi) is 5.55. The highest BCUT2D eigenvalue weighted by molar-refractivity contribution is 5.75. The summed E-state index contributed by atoms with van der Waals surface area (Å²) in [6.45, 7) is 0.659. The van der Waals surface area contributed by atoms with Crippen LogP contribution in [-0.4, -0.2) is 45.3 Å². The van der Waals surface area contributed by atoms with Gasteiger partial charge in [0.15, 0.2) is 0 Å². The molecule has 33 heavy (non-hydrogen) atoms. The molecule has 1 N–H and O–H groups in total. The van der Waals surface area contributed by atoms with Gasteiger partial charge in [-0.15, -0.1) is 0 Å². The number of hydrogen-bond acceptors (Lipinski definition) is 6. The van der Waals surface area contributed by atoms with Crippen molar-refractivity contribution in [3.8, 4) is 11.1 Å². The lowest BCUT2D eigenvalue weighted by molar-refractivity contribution is -0.148. The van der Waals surface area contributed by atoms with Crippen molar-refractivity contribution in [3.63, 3.8) is 0 Å². The molecule has 0 spiro atoms. The van der Waals surface area contributed by atoms with Gasteiger partial charge < -0.3 is 14.4 Å². The molecular formula is C25H24FN3O4. The second-order valence-electron chi connectivity index (χ2n) is 8.53. The molecule has 5 rings (SSSR count). The quantitative estimate of drug-likeness (QED) is 0.602. The van der Waals surface area contributed by atoms with Gasteiger partial charge in [-0.2, -0.15) is 0 Å². The van der Waals surface area contributed by atoms with Crippen LogP contribution in [0, 0.1) is 17.7 Å². The predicted octanol–water partition coefficient (Wildman–Crippen LogP) is 2.39. The molecule has 0 unspecified atom stereocenters. The average molecular weight is 449 g/mol. The Hall–Kier alpha value is -3.36. The normalized spacial score (nSPS) is 23.8. The highest BCUT2D eigenvalue weighted by atomic mass is 19.1. The van der Waals surface area contributed by atoms with Gasteiger partial charge in [-0.1, -0.05) is 12.1 Å². The number of nitrogens with zero attached hydrogens (tertiary/aromatic N) is 3. The Morgan fingerprint density at radius 3 is 2.70 bits per heavy atom. The van der Waals surface area contributed by atoms with E-state index in [0.717, 1.165) is 5.56 Å². The van der Waals surface area contributed by atoms with Crippen LogP contribution >= 0.6 is 0 Å². The Morgan fingerprint density at radius 1 is 1.21 bits per heavy atom. The Bertz CT molecular complexity index is 1250. The van der Waals surface area contributed by atoms with Crippen LogP contribution < -0.4 is 5.56 Å². The molecule has 0 saturated carbocycles. The summed E-state index contributed by atoms with van der Waals surface area (Å²) in [5, 5.41) is 10.2. The number of hydrogen-bond donors (Lipinski definition) is 1. The summed E-state index contributed by atoms with van der Waals surface area (Å²) in [6, 6.07) is 12.6. The zero-order valence-corrected chi connectivity index (χ0v) is 18.1. The highest BCUT2D eigenvalue weighted by Crippen LogP contribution is 2.49. The maximum atomic E-state index is 13.8. The van der Waals surface area contributed by atoms with Gasteiger partial charge in [0.2, 0.25) is 0 Å². The fourth-order valence-electron chi connectivity index (χ4n) is 5.42. The third-order valence-electron chi connectivity index (χ3n) is 6.89. The van der Waals surface area contributed by atoms with Crippen LogP contribution in [0.5, 0.6) is 0 Å². The van der Waals surface area contributed by atoms with E-state index in [1.54, 1.807) is 35.2 Å².